The van der Waals surface area contributed by atoms with E-state index in [0.717, 1.165) is 24.2 Å². The second-order valence-corrected chi connectivity index (χ2v) is 4.07. The van der Waals surface area contributed by atoms with Crippen molar-refractivity contribution in [3.63, 3.8) is 0 Å². The Morgan fingerprint density at radius 2 is 2.29 bits per heavy atom. The van der Waals surface area contributed by atoms with E-state index >= 15 is 0 Å². The largest absolute Gasteiger partial charge is 0.330 e. The topological polar surface area (TPSA) is 90.4 Å². The molecule has 88 valence electrons. The number of hydrogen-bond donors (Lipinski definition) is 4. The fourth-order valence-corrected chi connectivity index (χ4v) is 2.10. The van der Waals surface area contributed by atoms with Gasteiger partial charge in [-0.2, -0.15) is 5.10 Å². The molecule has 17 heavy (non-hydrogen) atoms. The third-order valence-corrected chi connectivity index (χ3v) is 2.95. The fourth-order valence-electron chi connectivity index (χ4n) is 2.10. The molecule has 3 aromatic heterocycles. The van der Waals surface area contributed by atoms with Gasteiger partial charge in [-0.3, -0.25) is 5.10 Å². The van der Waals surface area contributed by atoms with E-state index in [1.54, 1.807) is 0 Å². The number of nitrogens with two attached hydrogens (primary N) is 1. The highest BCUT2D eigenvalue weighted by Gasteiger charge is 2.14. The second kappa shape index (κ2) is 4.06. The first kappa shape index (κ1) is 10.1. The summed E-state index contributed by atoms with van der Waals surface area (Å²) in [4.78, 5) is 3.21. The number of fused-ring (bicyclic) bond motifs is 1. The highest BCUT2D eigenvalue weighted by Crippen LogP contribution is 2.13. The molecule has 0 saturated carbocycles. The van der Waals surface area contributed by atoms with Crippen molar-refractivity contribution in [3.8, 4) is 0 Å². The lowest BCUT2D eigenvalue weighted by atomic mass is 10.1. The zero-order valence-electron chi connectivity index (χ0n) is 9.40. The Labute approximate surface area is 97.8 Å². The summed E-state index contributed by atoms with van der Waals surface area (Å²) < 4.78 is 1.96. The van der Waals surface area contributed by atoms with Gasteiger partial charge in [-0.1, -0.05) is 0 Å². The summed E-state index contributed by atoms with van der Waals surface area (Å²) in [6, 6.07) is 0. The van der Waals surface area contributed by atoms with Gasteiger partial charge in [-0.25, -0.2) is 10.1 Å². The van der Waals surface area contributed by atoms with Gasteiger partial charge < -0.3 is 5.73 Å². The summed E-state index contributed by atoms with van der Waals surface area (Å²) in [6.45, 7) is 0.634. The van der Waals surface area contributed by atoms with Crippen LogP contribution in [0.25, 0.3) is 5.65 Å². The number of aromatic amines is 3. The van der Waals surface area contributed by atoms with E-state index in [9.17, 15) is 0 Å². The molecule has 0 aromatic carbocycles. The van der Waals surface area contributed by atoms with E-state index in [2.05, 4.69) is 20.3 Å². The Bertz CT molecular complexity index is 617. The summed E-state index contributed by atoms with van der Waals surface area (Å²) in [5, 5.41) is 10.2. The Kier molecular flexibility index (Phi) is 2.41. The SMILES string of the molecule is NCCc1[nH]ncc1Cc1c[nH][n+]2cc[nH]c12. The molecule has 0 aliphatic carbocycles. The molecule has 0 radical (unpaired) electrons. The Hall–Kier alpha value is -2.08. The van der Waals surface area contributed by atoms with Crippen LogP contribution in [-0.2, 0) is 12.8 Å². The lowest BCUT2D eigenvalue weighted by Gasteiger charge is -1.98. The van der Waals surface area contributed by atoms with Gasteiger partial charge in [0, 0.05) is 18.5 Å². The number of imidazole rings is 1. The van der Waals surface area contributed by atoms with E-state index < -0.39 is 0 Å². The van der Waals surface area contributed by atoms with Crippen LogP contribution in [0.4, 0.5) is 0 Å². The molecule has 0 unspecified atom stereocenters. The van der Waals surface area contributed by atoms with Crippen molar-refractivity contribution >= 4 is 5.65 Å². The Morgan fingerprint density at radius 1 is 1.35 bits per heavy atom. The van der Waals surface area contributed by atoms with Crippen LogP contribution in [0, 0.1) is 0 Å². The number of hydrogen-bond acceptors (Lipinski definition) is 2. The smallest absolute Gasteiger partial charge is 0.308 e. The van der Waals surface area contributed by atoms with Crippen LogP contribution < -0.4 is 10.2 Å². The van der Waals surface area contributed by atoms with Crippen molar-refractivity contribution in [2.45, 2.75) is 12.8 Å². The van der Waals surface area contributed by atoms with Crippen molar-refractivity contribution < 1.29 is 4.52 Å². The predicted octanol–water partition coefficient (Wildman–Crippen LogP) is -0.103. The van der Waals surface area contributed by atoms with Gasteiger partial charge in [-0.05, 0) is 12.1 Å². The zero-order valence-corrected chi connectivity index (χ0v) is 9.40. The zero-order chi connectivity index (χ0) is 11.7. The summed E-state index contributed by atoms with van der Waals surface area (Å²) >= 11 is 0. The first-order chi connectivity index (χ1) is 8.38. The molecule has 0 atom stereocenters. The Morgan fingerprint density at radius 3 is 3.18 bits per heavy atom. The molecule has 0 aliphatic rings. The molecule has 0 fully saturated rings. The Balaban J connectivity index is 1.92. The standard InChI is InChI=1S/C11H14N6/c12-2-1-10-8(6-14-16-10)5-9-7-15-17-4-3-13-11(9)17/h3-4,6-7H,1-2,5,12H2,(H2,13,14,15,16)/p+1. The van der Waals surface area contributed by atoms with E-state index in [4.69, 9.17) is 5.73 Å². The van der Waals surface area contributed by atoms with Gasteiger partial charge in [0.25, 0.3) is 0 Å². The maximum atomic E-state index is 5.57. The molecule has 3 rings (SSSR count). The monoisotopic (exact) mass is 231 g/mol. The lowest BCUT2D eigenvalue weighted by molar-refractivity contribution is -0.575. The lowest BCUT2D eigenvalue weighted by Crippen LogP contribution is -2.18. The van der Waals surface area contributed by atoms with Gasteiger partial charge >= 0.3 is 5.65 Å². The molecule has 0 aliphatic heterocycles. The molecule has 0 saturated heterocycles. The molecule has 0 spiro atoms. The molecule has 6 heteroatoms. The number of nitrogens with one attached hydrogen (secondary N) is 3. The number of aromatic nitrogens is 5. The normalized spacial score (nSPS) is 11.4. The molecular weight excluding hydrogens is 216 g/mol. The maximum Gasteiger partial charge on any atom is 0.308 e. The molecule has 3 heterocycles. The summed E-state index contributed by atoms with van der Waals surface area (Å²) in [5.74, 6) is 0. The van der Waals surface area contributed by atoms with Crippen molar-refractivity contribution in [2.24, 2.45) is 5.73 Å². The molecule has 5 N–H and O–H groups in total. The van der Waals surface area contributed by atoms with E-state index in [-0.39, 0.29) is 0 Å². The minimum atomic E-state index is 0.634. The van der Waals surface area contributed by atoms with E-state index in [0.29, 0.717) is 6.54 Å². The summed E-state index contributed by atoms with van der Waals surface area (Å²) in [7, 11) is 0. The van der Waals surface area contributed by atoms with Gasteiger partial charge in [0.1, 0.15) is 6.20 Å². The summed E-state index contributed by atoms with van der Waals surface area (Å²) in [6.07, 6.45) is 9.42. The van der Waals surface area contributed by atoms with Crippen molar-refractivity contribution in [3.05, 3.63) is 41.6 Å². The third-order valence-electron chi connectivity index (χ3n) is 2.95. The maximum absolute atomic E-state index is 5.57. The van der Waals surface area contributed by atoms with Crippen LogP contribution in [0.1, 0.15) is 16.8 Å². The van der Waals surface area contributed by atoms with E-state index in [1.807, 2.05) is 29.3 Å². The van der Waals surface area contributed by atoms with Crippen LogP contribution in [0.2, 0.25) is 0 Å². The highest BCUT2D eigenvalue weighted by atomic mass is 15.2. The first-order valence-corrected chi connectivity index (χ1v) is 5.64. The average molecular weight is 231 g/mol. The fraction of sp³-hybridized carbons (Fsp3) is 0.273. The van der Waals surface area contributed by atoms with E-state index in [1.165, 1.54) is 11.1 Å². The second-order valence-electron chi connectivity index (χ2n) is 4.07. The number of H-pyrrole nitrogens is 3. The van der Waals surface area contributed by atoms with Crippen LogP contribution in [0.15, 0.2) is 24.8 Å². The quantitative estimate of drug-likeness (QED) is 0.472. The molecular formula is C11H15N6+. The average Bonchev–Trinajstić information content (AvgIpc) is 2.99. The van der Waals surface area contributed by atoms with Crippen LogP contribution in [-0.4, -0.2) is 26.8 Å². The van der Waals surface area contributed by atoms with Gasteiger partial charge in [-0.15, -0.1) is 4.52 Å². The number of nitrogens with zero attached hydrogens (tertiary/aromatic N) is 2. The third kappa shape index (κ3) is 1.72. The first-order valence-electron chi connectivity index (χ1n) is 5.64. The minimum Gasteiger partial charge on any atom is -0.330 e. The molecule has 6 nitrogen and oxygen atoms in total. The van der Waals surface area contributed by atoms with Gasteiger partial charge in [0.15, 0.2) is 6.20 Å². The molecule has 3 aromatic rings. The van der Waals surface area contributed by atoms with Crippen LogP contribution in [0.3, 0.4) is 0 Å². The summed E-state index contributed by atoms with van der Waals surface area (Å²) in [5.41, 5.74) is 10.2. The molecule has 0 amide bonds. The molecule has 0 bridgehead atoms. The van der Waals surface area contributed by atoms with Gasteiger partial charge in [0.05, 0.1) is 18.0 Å². The van der Waals surface area contributed by atoms with Crippen molar-refractivity contribution in [1.29, 1.82) is 0 Å². The van der Waals surface area contributed by atoms with Crippen molar-refractivity contribution in [1.82, 2.24) is 20.3 Å². The highest BCUT2D eigenvalue weighted by molar-refractivity contribution is 5.42. The predicted molar refractivity (Wildman–Crippen MR) is 62.5 cm³/mol. The van der Waals surface area contributed by atoms with Gasteiger partial charge in [0.2, 0.25) is 0 Å². The van der Waals surface area contributed by atoms with Crippen molar-refractivity contribution in [2.75, 3.05) is 6.54 Å². The number of rotatable bonds is 4. The van der Waals surface area contributed by atoms with Crippen LogP contribution >= 0.6 is 0 Å². The van der Waals surface area contributed by atoms with Crippen LogP contribution in [0.5, 0.6) is 0 Å². The minimum absolute atomic E-state index is 0.634.